The predicted octanol–water partition coefficient (Wildman–Crippen LogP) is 1.51. The molecule has 0 radical (unpaired) electrons. The molecule has 0 fully saturated rings. The summed E-state index contributed by atoms with van der Waals surface area (Å²) in [5.74, 6) is -0.266. The molecule has 0 saturated carbocycles. The number of ether oxygens (including phenoxy) is 2. The van der Waals surface area contributed by atoms with Crippen molar-refractivity contribution in [1.82, 2.24) is 0 Å². The summed E-state index contributed by atoms with van der Waals surface area (Å²) in [6.07, 6.45) is -1.29. The third kappa shape index (κ3) is 1.15. The van der Waals surface area contributed by atoms with Crippen LogP contribution in [0.5, 0.6) is 5.75 Å². The lowest BCUT2D eigenvalue weighted by Crippen LogP contribution is -1.98. The highest BCUT2D eigenvalue weighted by molar-refractivity contribution is 6.32. The fraction of sp³-hybridized carbons (Fsp3) is 0.222. The number of benzene rings is 1. The van der Waals surface area contributed by atoms with Crippen molar-refractivity contribution in [1.29, 1.82) is 0 Å². The van der Waals surface area contributed by atoms with E-state index in [1.54, 1.807) is 12.1 Å². The summed E-state index contributed by atoms with van der Waals surface area (Å²) in [5.41, 5.74) is 0.475. The van der Waals surface area contributed by atoms with Crippen LogP contribution in [-0.2, 0) is 4.74 Å². The van der Waals surface area contributed by atoms with Gasteiger partial charge in [0, 0.05) is 0 Å². The second kappa shape index (κ2) is 3.15. The highest BCUT2D eigenvalue weighted by atomic mass is 35.5. The number of carbonyl (C=O) groups excluding carboxylic acids is 1. The van der Waals surface area contributed by atoms with Crippen molar-refractivity contribution in [2.45, 2.75) is 6.29 Å². The van der Waals surface area contributed by atoms with Gasteiger partial charge in [0.25, 0.3) is 0 Å². The summed E-state index contributed by atoms with van der Waals surface area (Å²) >= 11 is 5.81. The van der Waals surface area contributed by atoms with E-state index in [4.69, 9.17) is 16.3 Å². The van der Waals surface area contributed by atoms with E-state index in [1.807, 2.05) is 0 Å². The van der Waals surface area contributed by atoms with Gasteiger partial charge in [0.2, 0.25) is 6.29 Å². The summed E-state index contributed by atoms with van der Waals surface area (Å²) < 4.78 is 9.57. The molecule has 0 bridgehead atoms. The molecule has 14 heavy (non-hydrogen) atoms. The van der Waals surface area contributed by atoms with Crippen molar-refractivity contribution in [3.63, 3.8) is 0 Å². The van der Waals surface area contributed by atoms with Gasteiger partial charge in [-0.1, -0.05) is 11.6 Å². The highest BCUT2D eigenvalue weighted by Gasteiger charge is 2.34. The molecule has 2 rings (SSSR count). The Morgan fingerprint density at radius 1 is 1.57 bits per heavy atom. The van der Waals surface area contributed by atoms with Gasteiger partial charge in [-0.05, 0) is 12.1 Å². The Labute approximate surface area is 85.0 Å². The van der Waals surface area contributed by atoms with Gasteiger partial charge in [-0.3, -0.25) is 0 Å². The van der Waals surface area contributed by atoms with Gasteiger partial charge in [-0.25, -0.2) is 4.79 Å². The Balaban J connectivity index is 2.69. The maximum Gasteiger partial charge on any atom is 0.345 e. The number of aliphatic hydroxyl groups excluding tert-OH is 1. The third-order valence-corrected chi connectivity index (χ3v) is 2.37. The van der Waals surface area contributed by atoms with Crippen molar-refractivity contribution >= 4 is 17.6 Å². The zero-order chi connectivity index (χ0) is 10.3. The molecule has 4 nitrogen and oxygen atoms in total. The first-order valence-corrected chi connectivity index (χ1v) is 4.28. The number of methoxy groups -OCH3 is 1. The third-order valence-electron chi connectivity index (χ3n) is 2.04. The summed E-state index contributed by atoms with van der Waals surface area (Å²) in [5, 5.41) is 9.66. The lowest BCUT2D eigenvalue weighted by Gasteiger charge is -2.05. The molecule has 0 saturated heterocycles. The number of esters is 1. The fourth-order valence-corrected chi connectivity index (χ4v) is 1.67. The molecule has 1 atom stereocenters. The average molecular weight is 215 g/mol. The Morgan fingerprint density at radius 2 is 2.29 bits per heavy atom. The van der Waals surface area contributed by atoms with E-state index < -0.39 is 12.3 Å². The van der Waals surface area contributed by atoms with Gasteiger partial charge in [0.15, 0.2) is 0 Å². The lowest BCUT2D eigenvalue weighted by atomic mass is 10.1. The van der Waals surface area contributed by atoms with Crippen LogP contribution in [0.15, 0.2) is 12.1 Å². The molecule has 5 heteroatoms. The normalized spacial score (nSPS) is 19.1. The first kappa shape index (κ1) is 9.30. The van der Waals surface area contributed by atoms with Crippen LogP contribution in [0, 0.1) is 0 Å². The molecule has 1 aromatic rings. The van der Waals surface area contributed by atoms with Crippen LogP contribution in [0.4, 0.5) is 0 Å². The van der Waals surface area contributed by atoms with Crippen molar-refractivity contribution in [3.05, 3.63) is 28.3 Å². The van der Waals surface area contributed by atoms with Crippen molar-refractivity contribution < 1.29 is 19.4 Å². The van der Waals surface area contributed by atoms with E-state index in [0.717, 1.165) is 0 Å². The molecule has 1 aliphatic heterocycles. The number of hydrogen-bond donors (Lipinski definition) is 1. The Kier molecular flexibility index (Phi) is 2.09. The molecule has 1 aliphatic rings. The molecule has 0 amide bonds. The van der Waals surface area contributed by atoms with Crippen LogP contribution >= 0.6 is 11.6 Å². The summed E-state index contributed by atoms with van der Waals surface area (Å²) in [4.78, 5) is 11.3. The van der Waals surface area contributed by atoms with E-state index in [-0.39, 0.29) is 11.1 Å². The molecule has 1 unspecified atom stereocenters. The van der Waals surface area contributed by atoms with E-state index >= 15 is 0 Å². The number of carbonyl (C=O) groups is 1. The topological polar surface area (TPSA) is 55.8 Å². The second-order valence-corrected chi connectivity index (χ2v) is 3.20. The van der Waals surface area contributed by atoms with Gasteiger partial charge >= 0.3 is 5.97 Å². The van der Waals surface area contributed by atoms with Crippen molar-refractivity contribution in [3.8, 4) is 5.75 Å². The van der Waals surface area contributed by atoms with Crippen LogP contribution in [-0.4, -0.2) is 18.2 Å². The Hall–Kier alpha value is -1.26. The Morgan fingerprint density at radius 3 is 2.93 bits per heavy atom. The predicted molar refractivity (Wildman–Crippen MR) is 48.4 cm³/mol. The second-order valence-electron chi connectivity index (χ2n) is 2.80. The van der Waals surface area contributed by atoms with Gasteiger partial charge < -0.3 is 14.6 Å². The summed E-state index contributed by atoms with van der Waals surface area (Å²) in [6.45, 7) is 0. The van der Waals surface area contributed by atoms with E-state index in [0.29, 0.717) is 10.8 Å². The molecule has 1 aromatic carbocycles. The smallest absolute Gasteiger partial charge is 0.345 e. The monoisotopic (exact) mass is 214 g/mol. The van der Waals surface area contributed by atoms with Crippen molar-refractivity contribution in [2.24, 2.45) is 0 Å². The number of fused-ring (bicyclic) bond motifs is 1. The maximum atomic E-state index is 11.3. The van der Waals surface area contributed by atoms with Crippen LogP contribution in [0.2, 0.25) is 5.02 Å². The van der Waals surface area contributed by atoms with E-state index in [9.17, 15) is 9.90 Å². The van der Waals surface area contributed by atoms with Crippen molar-refractivity contribution in [2.75, 3.05) is 7.11 Å². The minimum absolute atomic E-state index is 0.201. The summed E-state index contributed by atoms with van der Waals surface area (Å²) in [6, 6.07) is 3.10. The molecule has 74 valence electrons. The van der Waals surface area contributed by atoms with Crippen LogP contribution in [0.1, 0.15) is 22.2 Å². The SMILES string of the molecule is COc1ccc(Cl)c2c1C(=O)OC2O. The van der Waals surface area contributed by atoms with Crippen LogP contribution in [0.3, 0.4) is 0 Å². The number of cyclic esters (lactones) is 1. The van der Waals surface area contributed by atoms with E-state index in [2.05, 4.69) is 4.74 Å². The zero-order valence-electron chi connectivity index (χ0n) is 7.28. The lowest BCUT2D eigenvalue weighted by molar-refractivity contribution is -0.0547. The van der Waals surface area contributed by atoms with Crippen LogP contribution in [0.25, 0.3) is 0 Å². The van der Waals surface area contributed by atoms with Gasteiger partial charge in [0.05, 0.1) is 17.7 Å². The molecule has 0 spiro atoms. The highest BCUT2D eigenvalue weighted by Crippen LogP contribution is 2.39. The molecule has 0 aromatic heterocycles. The van der Waals surface area contributed by atoms with Gasteiger partial charge in [-0.15, -0.1) is 0 Å². The number of aliphatic hydroxyl groups is 1. The molecule has 1 N–H and O–H groups in total. The summed E-state index contributed by atoms with van der Waals surface area (Å²) in [7, 11) is 1.43. The largest absolute Gasteiger partial charge is 0.496 e. The maximum absolute atomic E-state index is 11.3. The van der Waals surface area contributed by atoms with Gasteiger partial charge in [0.1, 0.15) is 11.3 Å². The first-order chi connectivity index (χ1) is 6.65. The Bertz CT molecular complexity index is 402. The number of halogens is 1. The van der Waals surface area contributed by atoms with Crippen LogP contribution < -0.4 is 4.74 Å². The van der Waals surface area contributed by atoms with Gasteiger partial charge in [-0.2, -0.15) is 0 Å². The molecule has 0 aliphatic carbocycles. The minimum atomic E-state index is -1.29. The first-order valence-electron chi connectivity index (χ1n) is 3.90. The quantitative estimate of drug-likeness (QED) is 0.720. The fourth-order valence-electron chi connectivity index (χ4n) is 1.42. The zero-order valence-corrected chi connectivity index (χ0v) is 8.04. The molecular weight excluding hydrogens is 208 g/mol. The number of rotatable bonds is 1. The van der Waals surface area contributed by atoms with E-state index in [1.165, 1.54) is 7.11 Å². The minimum Gasteiger partial charge on any atom is -0.496 e. The molecule has 1 heterocycles. The average Bonchev–Trinajstić information content (AvgIpc) is 2.44. The standard InChI is InChI=1S/C9H7ClO4/c1-13-5-3-2-4(10)6-7(5)9(12)14-8(6)11/h2-3,8,11H,1H3. The number of hydrogen-bond acceptors (Lipinski definition) is 4. The molecular formula is C9H7ClO4.